The Morgan fingerprint density at radius 2 is 1.93 bits per heavy atom. The molecule has 0 aliphatic heterocycles. The molecule has 1 fully saturated rings. The number of nitrogens with zero attached hydrogens (tertiary/aromatic N) is 1. The molecule has 0 radical (unpaired) electrons. The predicted octanol–water partition coefficient (Wildman–Crippen LogP) is 2.84. The Balaban J connectivity index is 1.65. The largest absolute Gasteiger partial charge is 0.434 e. The number of oxazole rings is 1. The summed E-state index contributed by atoms with van der Waals surface area (Å²) in [5.74, 6) is -2.51. The molecule has 1 aliphatic rings. The lowest BCUT2D eigenvalue weighted by molar-refractivity contribution is -0.120. The van der Waals surface area contributed by atoms with Gasteiger partial charge in [0.15, 0.2) is 11.6 Å². The summed E-state index contributed by atoms with van der Waals surface area (Å²) in [6.45, 7) is 0. The topological polar surface area (TPSA) is 127 Å². The third kappa shape index (κ3) is 4.56. The summed E-state index contributed by atoms with van der Waals surface area (Å²) in [4.78, 5) is 40.0. The fraction of sp³-hybridized carbons (Fsp3) is 0.368. The minimum Gasteiger partial charge on any atom is -0.434 e. The molecule has 1 aromatic carbocycles. The zero-order valence-electron chi connectivity index (χ0n) is 15.6. The molecule has 3 amide bonds. The van der Waals surface area contributed by atoms with Gasteiger partial charge in [-0.3, -0.25) is 14.4 Å². The van der Waals surface area contributed by atoms with E-state index >= 15 is 0 Å². The van der Waals surface area contributed by atoms with E-state index in [4.69, 9.17) is 21.8 Å². The predicted molar refractivity (Wildman–Crippen MR) is 103 cm³/mol. The van der Waals surface area contributed by atoms with Crippen molar-refractivity contribution in [3.05, 3.63) is 46.4 Å². The van der Waals surface area contributed by atoms with Gasteiger partial charge in [-0.2, -0.15) is 0 Å². The molecular weight excluding hydrogens is 403 g/mol. The Bertz CT molecular complexity index is 954. The van der Waals surface area contributed by atoms with Crippen molar-refractivity contribution in [1.29, 1.82) is 0 Å². The SMILES string of the molecule is CNC(=O)c1nc(C2CCC(C(=O)Nc3ccc(F)cc3Cl)CC2)oc1C(N)=O. The van der Waals surface area contributed by atoms with Gasteiger partial charge in [-0.1, -0.05) is 11.6 Å². The van der Waals surface area contributed by atoms with E-state index < -0.39 is 17.6 Å². The fourth-order valence-corrected chi connectivity index (χ4v) is 3.59. The number of benzene rings is 1. The minimum atomic E-state index is -0.869. The first kappa shape index (κ1) is 20.8. The van der Waals surface area contributed by atoms with Crippen molar-refractivity contribution >= 4 is 35.0 Å². The van der Waals surface area contributed by atoms with E-state index in [1.807, 2.05) is 0 Å². The summed E-state index contributed by atoms with van der Waals surface area (Å²) < 4.78 is 18.6. The number of nitrogens with one attached hydrogen (secondary N) is 2. The lowest BCUT2D eigenvalue weighted by Crippen LogP contribution is -2.27. The van der Waals surface area contributed by atoms with Crippen LogP contribution in [0.4, 0.5) is 10.1 Å². The maximum Gasteiger partial charge on any atom is 0.287 e. The number of carbonyl (C=O) groups excluding carboxylic acids is 3. The molecule has 1 heterocycles. The Morgan fingerprint density at radius 3 is 2.52 bits per heavy atom. The number of carbonyl (C=O) groups is 3. The summed E-state index contributed by atoms with van der Waals surface area (Å²) in [6.07, 6.45) is 2.28. The lowest BCUT2D eigenvalue weighted by Gasteiger charge is -2.26. The first-order chi connectivity index (χ1) is 13.8. The number of anilines is 1. The molecule has 1 saturated carbocycles. The number of aromatic nitrogens is 1. The molecule has 8 nitrogen and oxygen atoms in total. The second-order valence-corrected chi connectivity index (χ2v) is 7.24. The van der Waals surface area contributed by atoms with Crippen LogP contribution < -0.4 is 16.4 Å². The van der Waals surface area contributed by atoms with Crippen LogP contribution in [0.5, 0.6) is 0 Å². The van der Waals surface area contributed by atoms with Crippen molar-refractivity contribution in [3.63, 3.8) is 0 Å². The Kier molecular flexibility index (Phi) is 6.17. The first-order valence-corrected chi connectivity index (χ1v) is 9.46. The second-order valence-electron chi connectivity index (χ2n) is 6.84. The van der Waals surface area contributed by atoms with Crippen molar-refractivity contribution in [1.82, 2.24) is 10.3 Å². The molecule has 0 bridgehead atoms. The van der Waals surface area contributed by atoms with Crippen LogP contribution in [0, 0.1) is 11.7 Å². The highest BCUT2D eigenvalue weighted by Crippen LogP contribution is 2.37. The number of primary amides is 1. The van der Waals surface area contributed by atoms with Crippen LogP contribution in [0.15, 0.2) is 22.6 Å². The van der Waals surface area contributed by atoms with E-state index in [0.717, 1.165) is 6.07 Å². The van der Waals surface area contributed by atoms with Gasteiger partial charge in [0.1, 0.15) is 5.82 Å². The van der Waals surface area contributed by atoms with Gasteiger partial charge in [0.05, 0.1) is 10.7 Å². The van der Waals surface area contributed by atoms with Crippen molar-refractivity contribution in [3.8, 4) is 0 Å². The molecule has 1 aliphatic carbocycles. The number of nitrogens with two attached hydrogens (primary N) is 1. The molecular formula is C19H20ClFN4O4. The highest BCUT2D eigenvalue weighted by atomic mass is 35.5. The highest BCUT2D eigenvalue weighted by molar-refractivity contribution is 6.33. The van der Waals surface area contributed by atoms with Crippen LogP contribution in [0.2, 0.25) is 5.02 Å². The zero-order chi connectivity index (χ0) is 21.1. The van der Waals surface area contributed by atoms with Gasteiger partial charge in [-0.05, 0) is 43.9 Å². The smallest absolute Gasteiger partial charge is 0.287 e. The summed E-state index contributed by atoms with van der Waals surface area (Å²) in [6, 6.07) is 3.78. The number of hydrogen-bond donors (Lipinski definition) is 3. The molecule has 154 valence electrons. The average molecular weight is 423 g/mol. The average Bonchev–Trinajstić information content (AvgIpc) is 3.15. The third-order valence-electron chi connectivity index (χ3n) is 4.95. The number of halogens is 2. The van der Waals surface area contributed by atoms with E-state index in [2.05, 4.69) is 15.6 Å². The van der Waals surface area contributed by atoms with E-state index in [0.29, 0.717) is 31.4 Å². The normalized spacial score (nSPS) is 18.9. The standard InChI is InChI=1S/C19H20ClFN4O4/c1-23-18(28)14-15(16(22)26)29-19(25-14)10-4-2-9(3-5-10)17(27)24-13-7-6-11(21)8-12(13)20/h6-10H,2-5H2,1H3,(H2,22,26)(H,23,28)(H,24,27). The van der Waals surface area contributed by atoms with Crippen LogP contribution in [0.3, 0.4) is 0 Å². The Labute approximate surface area is 171 Å². The van der Waals surface area contributed by atoms with Gasteiger partial charge < -0.3 is 20.8 Å². The molecule has 0 spiro atoms. The van der Waals surface area contributed by atoms with Crippen LogP contribution in [0.1, 0.15) is 58.5 Å². The van der Waals surface area contributed by atoms with Crippen molar-refractivity contribution in [2.45, 2.75) is 31.6 Å². The van der Waals surface area contributed by atoms with Crippen molar-refractivity contribution < 1.29 is 23.2 Å². The number of hydrogen-bond acceptors (Lipinski definition) is 5. The molecule has 0 unspecified atom stereocenters. The monoisotopic (exact) mass is 422 g/mol. The molecule has 3 rings (SSSR count). The van der Waals surface area contributed by atoms with Crippen LogP contribution in [-0.2, 0) is 4.79 Å². The second kappa shape index (κ2) is 8.60. The van der Waals surface area contributed by atoms with Gasteiger partial charge in [0, 0.05) is 18.9 Å². The summed E-state index contributed by atoms with van der Waals surface area (Å²) >= 11 is 5.95. The molecule has 0 atom stereocenters. The molecule has 4 N–H and O–H groups in total. The molecule has 0 saturated heterocycles. The van der Waals surface area contributed by atoms with Crippen LogP contribution in [-0.4, -0.2) is 29.8 Å². The van der Waals surface area contributed by atoms with Gasteiger partial charge in [0.2, 0.25) is 11.7 Å². The zero-order valence-corrected chi connectivity index (χ0v) is 16.4. The summed E-state index contributed by atoms with van der Waals surface area (Å²) in [5.41, 5.74) is 5.48. The number of rotatable bonds is 5. The summed E-state index contributed by atoms with van der Waals surface area (Å²) in [7, 11) is 1.42. The quantitative estimate of drug-likeness (QED) is 0.682. The maximum absolute atomic E-state index is 13.1. The molecule has 29 heavy (non-hydrogen) atoms. The molecule has 1 aromatic heterocycles. The highest BCUT2D eigenvalue weighted by Gasteiger charge is 2.32. The van der Waals surface area contributed by atoms with E-state index in [9.17, 15) is 18.8 Å². The van der Waals surface area contributed by atoms with Gasteiger partial charge in [0.25, 0.3) is 11.8 Å². The third-order valence-corrected chi connectivity index (χ3v) is 5.26. The molecule has 10 heteroatoms. The maximum atomic E-state index is 13.1. The van der Waals surface area contributed by atoms with Crippen molar-refractivity contribution in [2.24, 2.45) is 11.7 Å². The lowest BCUT2D eigenvalue weighted by atomic mass is 9.81. The first-order valence-electron chi connectivity index (χ1n) is 9.08. The van der Waals surface area contributed by atoms with E-state index in [-0.39, 0.29) is 40.1 Å². The molecule has 2 aromatic rings. The van der Waals surface area contributed by atoms with Gasteiger partial charge in [-0.15, -0.1) is 0 Å². The number of amides is 3. The van der Waals surface area contributed by atoms with Crippen LogP contribution >= 0.6 is 11.6 Å². The Morgan fingerprint density at radius 1 is 1.24 bits per heavy atom. The van der Waals surface area contributed by atoms with Gasteiger partial charge >= 0.3 is 0 Å². The minimum absolute atomic E-state index is 0.132. The van der Waals surface area contributed by atoms with Gasteiger partial charge in [-0.25, -0.2) is 9.37 Å². The van der Waals surface area contributed by atoms with Crippen LogP contribution in [0.25, 0.3) is 0 Å². The fourth-order valence-electron chi connectivity index (χ4n) is 3.38. The van der Waals surface area contributed by atoms with E-state index in [1.165, 1.54) is 19.2 Å². The summed E-state index contributed by atoms with van der Waals surface area (Å²) in [5, 5.41) is 5.24. The van der Waals surface area contributed by atoms with E-state index in [1.54, 1.807) is 0 Å². The Hall–Kier alpha value is -2.94. The van der Waals surface area contributed by atoms with Crippen molar-refractivity contribution in [2.75, 3.05) is 12.4 Å².